The SMILES string of the molecule is C=C(CSc1ncc(-c2ccccc2)cn1)NCC1CCCN(Cc2ccc3c(c2)OCO3)C1. The van der Waals surface area contributed by atoms with Crippen molar-refractivity contribution in [2.24, 2.45) is 5.92 Å². The van der Waals surface area contributed by atoms with Crippen LogP contribution in [0.4, 0.5) is 0 Å². The van der Waals surface area contributed by atoms with E-state index in [0.717, 1.165) is 65.4 Å². The Balaban J connectivity index is 1.05. The molecule has 1 saturated heterocycles. The van der Waals surface area contributed by atoms with Crippen molar-refractivity contribution >= 4 is 11.8 Å². The van der Waals surface area contributed by atoms with Crippen LogP contribution in [-0.4, -0.2) is 47.0 Å². The lowest BCUT2D eigenvalue weighted by Crippen LogP contribution is -2.39. The molecule has 3 aromatic rings. The number of nitrogens with zero attached hydrogens (tertiary/aromatic N) is 3. The number of hydrogen-bond acceptors (Lipinski definition) is 7. The van der Waals surface area contributed by atoms with E-state index in [-0.39, 0.29) is 0 Å². The minimum Gasteiger partial charge on any atom is -0.454 e. The molecule has 2 aliphatic heterocycles. The number of likely N-dealkylation sites (tertiary alicyclic amines) is 1. The Hall–Kier alpha value is -3.03. The average molecular weight is 475 g/mol. The highest BCUT2D eigenvalue weighted by Gasteiger charge is 2.21. The third-order valence-electron chi connectivity index (χ3n) is 6.20. The van der Waals surface area contributed by atoms with Crippen LogP contribution in [0.25, 0.3) is 11.1 Å². The van der Waals surface area contributed by atoms with Gasteiger partial charge in [0.2, 0.25) is 6.79 Å². The molecule has 0 bridgehead atoms. The van der Waals surface area contributed by atoms with Crippen molar-refractivity contribution in [3.8, 4) is 22.6 Å². The van der Waals surface area contributed by atoms with Gasteiger partial charge < -0.3 is 14.8 Å². The lowest BCUT2D eigenvalue weighted by atomic mass is 9.97. The fraction of sp³-hybridized carbons (Fsp3) is 0.333. The summed E-state index contributed by atoms with van der Waals surface area (Å²) in [5, 5.41) is 4.32. The number of aromatic nitrogens is 2. The van der Waals surface area contributed by atoms with Gasteiger partial charge in [0, 0.05) is 49.0 Å². The molecule has 1 N–H and O–H groups in total. The zero-order valence-corrected chi connectivity index (χ0v) is 20.1. The van der Waals surface area contributed by atoms with Gasteiger partial charge in [-0.05, 0) is 48.6 Å². The molecule has 0 amide bonds. The maximum Gasteiger partial charge on any atom is 0.231 e. The van der Waals surface area contributed by atoms with E-state index >= 15 is 0 Å². The zero-order valence-electron chi connectivity index (χ0n) is 19.3. The Morgan fingerprint density at radius 1 is 1.06 bits per heavy atom. The number of nitrogens with one attached hydrogen (secondary N) is 1. The number of ether oxygens (including phenoxy) is 2. The van der Waals surface area contributed by atoms with Crippen molar-refractivity contribution in [3.63, 3.8) is 0 Å². The van der Waals surface area contributed by atoms with Crippen LogP contribution in [0.3, 0.4) is 0 Å². The summed E-state index contributed by atoms with van der Waals surface area (Å²) >= 11 is 1.61. The first-order valence-corrected chi connectivity index (χ1v) is 12.7. The number of fused-ring (bicyclic) bond motifs is 1. The summed E-state index contributed by atoms with van der Waals surface area (Å²) in [6, 6.07) is 16.5. The summed E-state index contributed by atoms with van der Waals surface area (Å²) in [4.78, 5) is 11.6. The van der Waals surface area contributed by atoms with Crippen LogP contribution >= 0.6 is 11.8 Å². The molecule has 3 heterocycles. The van der Waals surface area contributed by atoms with Crippen LogP contribution in [0.2, 0.25) is 0 Å². The monoisotopic (exact) mass is 474 g/mol. The van der Waals surface area contributed by atoms with Gasteiger partial charge in [0.05, 0.1) is 0 Å². The van der Waals surface area contributed by atoms with E-state index in [4.69, 9.17) is 9.47 Å². The zero-order chi connectivity index (χ0) is 23.2. The lowest BCUT2D eigenvalue weighted by Gasteiger charge is -2.33. The first-order valence-electron chi connectivity index (χ1n) is 11.8. The average Bonchev–Trinajstić information content (AvgIpc) is 3.35. The normalized spacial score (nSPS) is 17.5. The summed E-state index contributed by atoms with van der Waals surface area (Å²) in [5.74, 6) is 3.09. The molecule has 7 heteroatoms. The van der Waals surface area contributed by atoms with E-state index in [1.54, 1.807) is 11.8 Å². The number of benzene rings is 2. The van der Waals surface area contributed by atoms with Crippen LogP contribution in [0, 0.1) is 5.92 Å². The number of rotatable bonds is 9. The molecule has 34 heavy (non-hydrogen) atoms. The summed E-state index contributed by atoms with van der Waals surface area (Å²) in [6.07, 6.45) is 6.24. The molecule has 1 atom stereocenters. The minimum absolute atomic E-state index is 0.323. The third kappa shape index (κ3) is 5.90. The van der Waals surface area contributed by atoms with E-state index in [9.17, 15) is 0 Å². The highest BCUT2D eigenvalue weighted by atomic mass is 32.2. The molecular weight excluding hydrogens is 444 g/mol. The second-order valence-corrected chi connectivity index (χ2v) is 9.77. The van der Waals surface area contributed by atoms with Gasteiger partial charge in [0.1, 0.15) is 0 Å². The van der Waals surface area contributed by atoms with E-state index < -0.39 is 0 Å². The molecular formula is C27H30N4O2S. The summed E-state index contributed by atoms with van der Waals surface area (Å²) < 4.78 is 10.9. The number of piperidine rings is 1. The summed E-state index contributed by atoms with van der Waals surface area (Å²) in [5.41, 5.74) is 4.46. The second kappa shape index (κ2) is 10.9. The van der Waals surface area contributed by atoms with Crippen molar-refractivity contribution in [1.29, 1.82) is 0 Å². The molecule has 1 unspecified atom stereocenters. The second-order valence-electron chi connectivity index (χ2n) is 8.82. The van der Waals surface area contributed by atoms with Gasteiger partial charge in [-0.2, -0.15) is 0 Å². The molecule has 2 aliphatic rings. The molecule has 2 aromatic carbocycles. The molecule has 176 valence electrons. The van der Waals surface area contributed by atoms with Gasteiger partial charge in [0.15, 0.2) is 16.7 Å². The van der Waals surface area contributed by atoms with Crippen molar-refractivity contribution in [3.05, 3.63) is 78.8 Å². The maximum atomic E-state index is 5.52. The van der Waals surface area contributed by atoms with Crippen LogP contribution in [0.5, 0.6) is 11.5 Å². The molecule has 0 spiro atoms. The fourth-order valence-corrected chi connectivity index (χ4v) is 5.08. The van der Waals surface area contributed by atoms with Gasteiger partial charge in [-0.3, -0.25) is 4.90 Å². The van der Waals surface area contributed by atoms with Gasteiger partial charge in [-0.25, -0.2) is 9.97 Å². The van der Waals surface area contributed by atoms with Crippen molar-refractivity contribution in [1.82, 2.24) is 20.2 Å². The molecule has 1 fully saturated rings. The topological polar surface area (TPSA) is 59.5 Å². The van der Waals surface area contributed by atoms with E-state index in [1.165, 1.54) is 18.4 Å². The summed E-state index contributed by atoms with van der Waals surface area (Å²) in [6.45, 7) is 8.66. The molecule has 6 nitrogen and oxygen atoms in total. The lowest BCUT2D eigenvalue weighted by molar-refractivity contribution is 0.166. The largest absolute Gasteiger partial charge is 0.454 e. The molecule has 0 radical (unpaired) electrons. The Labute approximate surface area is 205 Å². The predicted octanol–water partition coefficient (Wildman–Crippen LogP) is 4.98. The predicted molar refractivity (Wildman–Crippen MR) is 136 cm³/mol. The van der Waals surface area contributed by atoms with E-state index in [0.29, 0.717) is 12.7 Å². The van der Waals surface area contributed by atoms with Gasteiger partial charge in [-0.15, -0.1) is 0 Å². The van der Waals surface area contributed by atoms with E-state index in [2.05, 4.69) is 51.0 Å². The highest BCUT2D eigenvalue weighted by Crippen LogP contribution is 2.33. The Morgan fingerprint density at radius 2 is 1.88 bits per heavy atom. The molecule has 1 aromatic heterocycles. The summed E-state index contributed by atoms with van der Waals surface area (Å²) in [7, 11) is 0. The molecule has 5 rings (SSSR count). The Kier molecular flexibility index (Phi) is 7.31. The van der Waals surface area contributed by atoms with Gasteiger partial charge in [-0.1, -0.05) is 54.7 Å². The van der Waals surface area contributed by atoms with Crippen LogP contribution < -0.4 is 14.8 Å². The highest BCUT2D eigenvalue weighted by molar-refractivity contribution is 7.99. The van der Waals surface area contributed by atoms with Gasteiger partial charge >= 0.3 is 0 Å². The Bertz CT molecular complexity index is 1110. The number of thioether (sulfide) groups is 1. The third-order valence-corrected chi connectivity index (χ3v) is 7.16. The minimum atomic E-state index is 0.323. The van der Waals surface area contributed by atoms with Crippen LogP contribution in [-0.2, 0) is 6.54 Å². The molecule has 0 saturated carbocycles. The van der Waals surface area contributed by atoms with Crippen molar-refractivity contribution < 1.29 is 9.47 Å². The quantitative estimate of drug-likeness (QED) is 0.347. The molecule has 0 aliphatic carbocycles. The van der Waals surface area contributed by atoms with E-state index in [1.807, 2.05) is 36.7 Å². The van der Waals surface area contributed by atoms with Crippen LogP contribution in [0.1, 0.15) is 18.4 Å². The fourth-order valence-electron chi connectivity index (χ4n) is 4.42. The Morgan fingerprint density at radius 3 is 2.74 bits per heavy atom. The first kappa shape index (κ1) is 22.7. The maximum absolute atomic E-state index is 5.52. The van der Waals surface area contributed by atoms with Crippen LogP contribution in [0.15, 0.2) is 78.4 Å². The van der Waals surface area contributed by atoms with Crippen molar-refractivity contribution in [2.75, 3.05) is 32.2 Å². The van der Waals surface area contributed by atoms with Gasteiger partial charge in [0.25, 0.3) is 0 Å². The standard InChI is InChI=1S/C27H30N4O2S/c1-20(18-34-27-29-14-24(15-30-27)23-7-3-2-4-8-23)28-13-22-6-5-11-31(17-22)16-21-9-10-25-26(12-21)33-19-32-25/h2-4,7-10,12,14-15,22,28H,1,5-6,11,13,16-19H2. The smallest absolute Gasteiger partial charge is 0.231 e. The first-order chi connectivity index (χ1) is 16.7. The number of hydrogen-bond donors (Lipinski definition) is 1. The van der Waals surface area contributed by atoms with Crippen molar-refractivity contribution in [2.45, 2.75) is 24.5 Å².